The van der Waals surface area contributed by atoms with Gasteiger partial charge in [0, 0.05) is 0 Å². The van der Waals surface area contributed by atoms with Gasteiger partial charge in [0.05, 0.1) is 6.61 Å². The SMILES string of the molecule is NC1=NC2O[C@H](CO)[C@H](O)[C@@H]2O1. The standard InChI is InChI=1S/C6H10N2O4/c7-6-8-5-4(12-6)3(10)2(1-9)11-5/h2-5,9-10H,1H2,(H2,7,8)/t2-,3+,4+,5?/m1/s1. The first kappa shape index (κ1) is 7.78. The summed E-state index contributed by atoms with van der Waals surface area (Å²) in [7, 11) is 0. The van der Waals surface area contributed by atoms with Crippen molar-refractivity contribution in [3.8, 4) is 0 Å². The lowest BCUT2D eigenvalue weighted by Gasteiger charge is -2.13. The smallest absolute Gasteiger partial charge is 0.285 e. The predicted molar refractivity (Wildman–Crippen MR) is 38.2 cm³/mol. The van der Waals surface area contributed by atoms with Gasteiger partial charge in [-0.15, -0.1) is 0 Å². The van der Waals surface area contributed by atoms with Crippen molar-refractivity contribution in [1.29, 1.82) is 0 Å². The third-order valence-electron chi connectivity index (χ3n) is 2.00. The van der Waals surface area contributed by atoms with Crippen LogP contribution in [0.2, 0.25) is 0 Å². The highest BCUT2D eigenvalue weighted by atomic mass is 16.6. The second-order valence-electron chi connectivity index (χ2n) is 2.79. The van der Waals surface area contributed by atoms with Crippen LogP contribution in [0.5, 0.6) is 0 Å². The number of aliphatic hydroxyl groups is 2. The lowest BCUT2D eigenvalue weighted by atomic mass is 10.1. The third kappa shape index (κ3) is 0.961. The van der Waals surface area contributed by atoms with Crippen LogP contribution in [0.4, 0.5) is 0 Å². The normalized spacial score (nSPS) is 45.3. The van der Waals surface area contributed by atoms with Gasteiger partial charge in [-0.05, 0) is 0 Å². The maximum absolute atomic E-state index is 9.44. The van der Waals surface area contributed by atoms with Crippen molar-refractivity contribution in [2.75, 3.05) is 6.61 Å². The molecule has 0 spiro atoms. The first-order valence-electron chi connectivity index (χ1n) is 3.66. The summed E-state index contributed by atoms with van der Waals surface area (Å²) in [4.78, 5) is 3.78. The van der Waals surface area contributed by atoms with Crippen molar-refractivity contribution in [3.05, 3.63) is 0 Å². The fraction of sp³-hybridized carbons (Fsp3) is 0.833. The largest absolute Gasteiger partial charge is 0.454 e. The molecule has 1 saturated heterocycles. The Hall–Kier alpha value is -0.850. The van der Waals surface area contributed by atoms with Gasteiger partial charge < -0.3 is 25.4 Å². The van der Waals surface area contributed by atoms with E-state index in [1.165, 1.54) is 0 Å². The molecule has 0 aromatic carbocycles. The van der Waals surface area contributed by atoms with Crippen LogP contribution in [0.15, 0.2) is 4.99 Å². The second kappa shape index (κ2) is 2.58. The van der Waals surface area contributed by atoms with E-state index in [0.29, 0.717) is 0 Å². The molecule has 2 rings (SSSR count). The van der Waals surface area contributed by atoms with Gasteiger partial charge in [0.1, 0.15) is 12.2 Å². The Morgan fingerprint density at radius 3 is 2.92 bits per heavy atom. The van der Waals surface area contributed by atoms with Crippen molar-refractivity contribution < 1.29 is 19.7 Å². The van der Waals surface area contributed by atoms with Gasteiger partial charge in [0.15, 0.2) is 12.3 Å². The average molecular weight is 174 g/mol. The number of rotatable bonds is 1. The van der Waals surface area contributed by atoms with Gasteiger partial charge in [0.2, 0.25) is 0 Å². The van der Waals surface area contributed by atoms with Gasteiger partial charge >= 0.3 is 0 Å². The minimum absolute atomic E-state index is 0.0282. The Balaban J connectivity index is 2.10. The Morgan fingerprint density at radius 2 is 2.33 bits per heavy atom. The van der Waals surface area contributed by atoms with Gasteiger partial charge in [-0.25, -0.2) is 0 Å². The molecule has 2 heterocycles. The average Bonchev–Trinajstić information content (AvgIpc) is 2.51. The van der Waals surface area contributed by atoms with Crippen molar-refractivity contribution in [1.82, 2.24) is 0 Å². The minimum Gasteiger partial charge on any atom is -0.454 e. The Labute approximate surface area is 68.6 Å². The molecule has 68 valence electrons. The summed E-state index contributed by atoms with van der Waals surface area (Å²) in [5, 5.41) is 18.2. The topological polar surface area (TPSA) is 97.3 Å². The Kier molecular flexibility index (Phi) is 1.67. The lowest BCUT2D eigenvalue weighted by molar-refractivity contribution is -0.0206. The molecule has 2 aliphatic rings. The fourth-order valence-corrected chi connectivity index (χ4v) is 1.40. The maximum Gasteiger partial charge on any atom is 0.285 e. The summed E-state index contributed by atoms with van der Waals surface area (Å²) >= 11 is 0. The summed E-state index contributed by atoms with van der Waals surface area (Å²) in [5.74, 6) is 0. The van der Waals surface area contributed by atoms with Crippen LogP contribution in [0.25, 0.3) is 0 Å². The van der Waals surface area contributed by atoms with E-state index >= 15 is 0 Å². The van der Waals surface area contributed by atoms with Crippen LogP contribution in [0.3, 0.4) is 0 Å². The fourth-order valence-electron chi connectivity index (χ4n) is 1.40. The number of fused-ring (bicyclic) bond motifs is 1. The molecule has 0 radical (unpaired) electrons. The van der Waals surface area contributed by atoms with E-state index in [2.05, 4.69) is 4.99 Å². The Bertz CT molecular complexity index is 220. The number of aliphatic hydroxyl groups excluding tert-OH is 2. The van der Waals surface area contributed by atoms with Crippen molar-refractivity contribution in [2.24, 2.45) is 10.7 Å². The Morgan fingerprint density at radius 1 is 1.58 bits per heavy atom. The molecule has 6 heteroatoms. The van der Waals surface area contributed by atoms with Crippen LogP contribution in [-0.4, -0.2) is 47.4 Å². The van der Waals surface area contributed by atoms with Gasteiger partial charge in [-0.1, -0.05) is 0 Å². The minimum atomic E-state index is -0.857. The first-order valence-corrected chi connectivity index (χ1v) is 3.66. The summed E-state index contributed by atoms with van der Waals surface area (Å²) in [6, 6.07) is 0.0282. The van der Waals surface area contributed by atoms with E-state index in [-0.39, 0.29) is 12.6 Å². The summed E-state index contributed by atoms with van der Waals surface area (Å²) < 4.78 is 10.1. The molecule has 0 aromatic rings. The zero-order valence-electron chi connectivity index (χ0n) is 6.25. The molecule has 2 aliphatic heterocycles. The molecule has 4 atom stereocenters. The number of nitrogens with two attached hydrogens (primary N) is 1. The van der Waals surface area contributed by atoms with Crippen LogP contribution < -0.4 is 5.73 Å². The van der Waals surface area contributed by atoms with Gasteiger partial charge in [-0.2, -0.15) is 4.99 Å². The molecule has 1 fully saturated rings. The monoisotopic (exact) mass is 174 g/mol. The molecule has 0 amide bonds. The highest BCUT2D eigenvalue weighted by molar-refractivity contribution is 5.73. The molecule has 0 aliphatic carbocycles. The third-order valence-corrected chi connectivity index (χ3v) is 2.00. The number of nitrogens with zero attached hydrogens (tertiary/aromatic N) is 1. The van der Waals surface area contributed by atoms with Crippen molar-refractivity contribution in [2.45, 2.75) is 24.5 Å². The first-order chi connectivity index (χ1) is 5.72. The van der Waals surface area contributed by atoms with Crippen LogP contribution in [0, 0.1) is 0 Å². The zero-order chi connectivity index (χ0) is 8.72. The van der Waals surface area contributed by atoms with Gasteiger partial charge in [-0.3, -0.25) is 0 Å². The van der Waals surface area contributed by atoms with E-state index < -0.39 is 24.5 Å². The predicted octanol–water partition coefficient (Wildman–Crippen LogP) is -2.22. The lowest BCUT2D eigenvalue weighted by Crippen LogP contribution is -2.35. The molecule has 12 heavy (non-hydrogen) atoms. The van der Waals surface area contributed by atoms with Gasteiger partial charge in [0.25, 0.3) is 6.02 Å². The van der Waals surface area contributed by atoms with Crippen molar-refractivity contribution >= 4 is 6.02 Å². The molecule has 1 unspecified atom stereocenters. The molecule has 0 aromatic heterocycles. The molecule has 4 N–H and O–H groups in total. The number of hydrogen-bond acceptors (Lipinski definition) is 6. The number of hydrogen-bond donors (Lipinski definition) is 3. The number of ether oxygens (including phenoxy) is 2. The molecule has 0 saturated carbocycles. The van der Waals surface area contributed by atoms with Crippen LogP contribution >= 0.6 is 0 Å². The molecular weight excluding hydrogens is 164 g/mol. The second-order valence-corrected chi connectivity index (χ2v) is 2.79. The molecule has 6 nitrogen and oxygen atoms in total. The van der Waals surface area contributed by atoms with E-state index in [0.717, 1.165) is 0 Å². The van der Waals surface area contributed by atoms with E-state index in [9.17, 15) is 5.11 Å². The number of aliphatic imine (C=N–C) groups is 1. The maximum atomic E-state index is 9.44. The summed E-state index contributed by atoms with van der Waals surface area (Å²) in [6.07, 6.45) is -2.58. The zero-order valence-corrected chi connectivity index (χ0v) is 6.25. The molecular formula is C6H10N2O4. The van der Waals surface area contributed by atoms with Crippen LogP contribution in [0.1, 0.15) is 0 Å². The van der Waals surface area contributed by atoms with E-state index in [4.69, 9.17) is 20.3 Å². The quantitative estimate of drug-likeness (QED) is 0.418. The van der Waals surface area contributed by atoms with Crippen molar-refractivity contribution in [3.63, 3.8) is 0 Å². The molecule has 0 bridgehead atoms. The van der Waals surface area contributed by atoms with E-state index in [1.54, 1.807) is 0 Å². The summed E-state index contributed by atoms with van der Waals surface area (Å²) in [5.41, 5.74) is 5.25. The number of amidine groups is 1. The van der Waals surface area contributed by atoms with Crippen LogP contribution in [-0.2, 0) is 9.47 Å². The van der Waals surface area contributed by atoms with E-state index in [1.807, 2.05) is 0 Å². The highest BCUT2D eigenvalue weighted by Gasteiger charge is 2.48. The highest BCUT2D eigenvalue weighted by Crippen LogP contribution is 2.28. The summed E-state index contributed by atoms with van der Waals surface area (Å²) in [6.45, 7) is -0.243.